The summed E-state index contributed by atoms with van der Waals surface area (Å²) in [4.78, 5) is 12.2. The monoisotopic (exact) mass is 363 g/mol. The highest BCUT2D eigenvalue weighted by atomic mass is 35.5. The molecule has 23 heavy (non-hydrogen) atoms. The summed E-state index contributed by atoms with van der Waals surface area (Å²) in [6.45, 7) is 6.11. The van der Waals surface area contributed by atoms with Crippen LogP contribution in [0.2, 0.25) is 0 Å². The number of amides is 1. The molecule has 0 aliphatic carbocycles. The van der Waals surface area contributed by atoms with Crippen molar-refractivity contribution in [2.45, 2.75) is 39.2 Å². The molecule has 0 aromatic heterocycles. The lowest BCUT2D eigenvalue weighted by molar-refractivity contribution is 0.0942. The predicted octanol–water partition coefficient (Wildman–Crippen LogP) is 2.04. The Morgan fingerprint density at radius 3 is 2.30 bits per heavy atom. The molecule has 1 aromatic rings. The minimum absolute atomic E-state index is 0. The molecule has 0 spiro atoms. The Labute approximate surface area is 144 Å². The van der Waals surface area contributed by atoms with E-state index in [0.717, 1.165) is 24.7 Å². The van der Waals surface area contributed by atoms with Gasteiger partial charge in [-0.15, -0.1) is 12.4 Å². The van der Waals surface area contributed by atoms with Crippen LogP contribution in [0.5, 0.6) is 0 Å². The molecule has 1 amide bonds. The topological polar surface area (TPSA) is 101 Å². The lowest BCUT2D eigenvalue weighted by Gasteiger charge is -2.26. The van der Waals surface area contributed by atoms with Crippen LogP contribution in [0.15, 0.2) is 18.2 Å². The van der Waals surface area contributed by atoms with E-state index >= 15 is 0 Å². The third kappa shape index (κ3) is 6.76. The molecule has 0 aliphatic rings. The van der Waals surface area contributed by atoms with Gasteiger partial charge in [0.05, 0.1) is 11.9 Å². The van der Waals surface area contributed by atoms with Crippen LogP contribution in [-0.2, 0) is 10.0 Å². The molecular weight excluding hydrogens is 338 g/mol. The van der Waals surface area contributed by atoms with Gasteiger partial charge in [0, 0.05) is 17.6 Å². The van der Waals surface area contributed by atoms with Crippen molar-refractivity contribution in [2.24, 2.45) is 5.73 Å². The van der Waals surface area contributed by atoms with Crippen molar-refractivity contribution >= 4 is 34.0 Å². The Morgan fingerprint density at radius 1 is 1.26 bits per heavy atom. The molecule has 0 unspecified atom stereocenters. The van der Waals surface area contributed by atoms with E-state index in [-0.39, 0.29) is 18.3 Å². The maximum absolute atomic E-state index is 12.2. The van der Waals surface area contributed by atoms with Crippen molar-refractivity contribution < 1.29 is 13.2 Å². The van der Waals surface area contributed by atoms with Crippen molar-refractivity contribution in [3.63, 3.8) is 0 Å². The second-order valence-corrected chi connectivity index (χ2v) is 7.40. The first kappa shape index (κ1) is 21.7. The number of nitrogens with one attached hydrogen (secondary N) is 2. The van der Waals surface area contributed by atoms with E-state index in [2.05, 4.69) is 10.0 Å². The summed E-state index contributed by atoms with van der Waals surface area (Å²) < 4.78 is 25.1. The first-order valence-electron chi connectivity index (χ1n) is 7.25. The van der Waals surface area contributed by atoms with Crippen molar-refractivity contribution in [3.8, 4) is 0 Å². The Bertz CT molecular complexity index is 643. The second-order valence-electron chi connectivity index (χ2n) is 5.66. The van der Waals surface area contributed by atoms with E-state index in [9.17, 15) is 13.2 Å². The van der Waals surface area contributed by atoms with Gasteiger partial charge in [0.15, 0.2) is 0 Å². The largest absolute Gasteiger partial charge is 0.350 e. The molecule has 4 N–H and O–H groups in total. The molecule has 0 bridgehead atoms. The minimum Gasteiger partial charge on any atom is -0.350 e. The lowest BCUT2D eigenvalue weighted by Crippen LogP contribution is -2.49. The van der Waals surface area contributed by atoms with E-state index in [1.807, 2.05) is 13.8 Å². The van der Waals surface area contributed by atoms with Gasteiger partial charge in [-0.3, -0.25) is 9.52 Å². The molecule has 0 heterocycles. The Morgan fingerprint density at radius 2 is 1.83 bits per heavy atom. The van der Waals surface area contributed by atoms with Crippen LogP contribution in [0.3, 0.4) is 0 Å². The maximum atomic E-state index is 12.2. The molecule has 0 aliphatic heterocycles. The van der Waals surface area contributed by atoms with Gasteiger partial charge in [0.25, 0.3) is 5.91 Å². The fourth-order valence-electron chi connectivity index (χ4n) is 1.93. The SMILES string of the molecule is CCC(N)(CC)CNC(=O)c1ccc(C)c(NS(C)(=O)=O)c1.Cl. The third-order valence-corrected chi connectivity index (χ3v) is 4.40. The van der Waals surface area contributed by atoms with Gasteiger partial charge < -0.3 is 11.1 Å². The number of carbonyl (C=O) groups is 1. The van der Waals surface area contributed by atoms with Gasteiger partial charge in [-0.1, -0.05) is 19.9 Å². The van der Waals surface area contributed by atoms with E-state index in [1.165, 1.54) is 6.07 Å². The molecule has 0 radical (unpaired) electrons. The number of aryl methyl sites for hydroxylation is 1. The number of hydrogen-bond acceptors (Lipinski definition) is 4. The number of carbonyl (C=O) groups excluding carboxylic acids is 1. The number of nitrogens with two attached hydrogens (primary N) is 1. The molecule has 1 rings (SSSR count). The zero-order valence-corrected chi connectivity index (χ0v) is 15.6. The average molecular weight is 364 g/mol. The van der Waals surface area contributed by atoms with Gasteiger partial charge in [-0.2, -0.15) is 0 Å². The van der Waals surface area contributed by atoms with E-state index in [4.69, 9.17) is 5.73 Å². The summed E-state index contributed by atoms with van der Waals surface area (Å²) in [6.07, 6.45) is 2.60. The second kappa shape index (κ2) is 8.52. The minimum atomic E-state index is -3.39. The Kier molecular flexibility index (Phi) is 8.03. The van der Waals surface area contributed by atoms with E-state index in [0.29, 0.717) is 17.8 Å². The summed E-state index contributed by atoms with van der Waals surface area (Å²) in [7, 11) is -3.39. The van der Waals surface area contributed by atoms with E-state index in [1.54, 1.807) is 19.1 Å². The smallest absolute Gasteiger partial charge is 0.251 e. The van der Waals surface area contributed by atoms with Crippen LogP contribution in [0, 0.1) is 6.92 Å². The average Bonchev–Trinajstić information content (AvgIpc) is 2.45. The number of benzene rings is 1. The number of rotatable bonds is 7. The molecule has 0 fully saturated rings. The number of halogens is 1. The fourth-order valence-corrected chi connectivity index (χ4v) is 2.55. The molecule has 6 nitrogen and oxygen atoms in total. The molecule has 0 saturated carbocycles. The van der Waals surface area contributed by atoms with Crippen molar-refractivity contribution in [2.75, 3.05) is 17.5 Å². The highest BCUT2D eigenvalue weighted by molar-refractivity contribution is 7.92. The summed E-state index contributed by atoms with van der Waals surface area (Å²) >= 11 is 0. The quantitative estimate of drug-likeness (QED) is 0.689. The Hall–Kier alpha value is -1.31. The van der Waals surface area contributed by atoms with Gasteiger partial charge in [0.2, 0.25) is 10.0 Å². The standard InChI is InChI=1S/C15H25N3O3S.ClH/c1-5-15(16,6-2)10-17-14(19)12-8-7-11(3)13(9-12)18-22(4,20)21;/h7-9,18H,5-6,10,16H2,1-4H3,(H,17,19);1H. The molecule has 0 saturated heterocycles. The van der Waals surface area contributed by atoms with Crippen molar-refractivity contribution in [1.82, 2.24) is 5.32 Å². The number of sulfonamides is 1. The van der Waals surface area contributed by atoms with Gasteiger partial charge in [-0.05, 0) is 37.5 Å². The molecule has 8 heteroatoms. The van der Waals surface area contributed by atoms with Gasteiger partial charge >= 0.3 is 0 Å². The first-order valence-corrected chi connectivity index (χ1v) is 9.15. The van der Waals surface area contributed by atoms with Crippen LogP contribution >= 0.6 is 12.4 Å². The van der Waals surface area contributed by atoms with Crippen LogP contribution < -0.4 is 15.8 Å². The van der Waals surface area contributed by atoms with Crippen LogP contribution in [-0.4, -0.2) is 32.7 Å². The normalized spacial score (nSPS) is 11.5. The lowest BCUT2D eigenvalue weighted by atomic mass is 9.94. The zero-order valence-electron chi connectivity index (χ0n) is 14.0. The summed E-state index contributed by atoms with van der Waals surface area (Å²) in [5.74, 6) is -0.270. The number of anilines is 1. The van der Waals surface area contributed by atoms with Crippen LogP contribution in [0.25, 0.3) is 0 Å². The maximum Gasteiger partial charge on any atom is 0.251 e. The zero-order chi connectivity index (χ0) is 17.0. The molecule has 132 valence electrons. The Balaban J connectivity index is 0.00000484. The predicted molar refractivity (Wildman–Crippen MR) is 96.7 cm³/mol. The van der Waals surface area contributed by atoms with Gasteiger partial charge in [0.1, 0.15) is 0 Å². The third-order valence-electron chi connectivity index (χ3n) is 3.80. The molecule has 1 aromatic carbocycles. The van der Waals surface area contributed by atoms with Crippen LogP contribution in [0.1, 0.15) is 42.6 Å². The molecule has 0 atom stereocenters. The summed E-state index contributed by atoms with van der Waals surface area (Å²) in [5, 5.41) is 2.81. The van der Waals surface area contributed by atoms with Gasteiger partial charge in [-0.25, -0.2) is 8.42 Å². The highest BCUT2D eigenvalue weighted by Gasteiger charge is 2.21. The first-order chi connectivity index (χ1) is 10.1. The van der Waals surface area contributed by atoms with E-state index < -0.39 is 15.6 Å². The molecular formula is C15H26ClN3O3S. The summed E-state index contributed by atoms with van der Waals surface area (Å²) in [5.41, 5.74) is 7.28. The number of hydrogen-bond donors (Lipinski definition) is 3. The van der Waals surface area contributed by atoms with Crippen molar-refractivity contribution in [3.05, 3.63) is 29.3 Å². The highest BCUT2D eigenvalue weighted by Crippen LogP contribution is 2.18. The van der Waals surface area contributed by atoms with Crippen LogP contribution in [0.4, 0.5) is 5.69 Å². The fraction of sp³-hybridized carbons (Fsp3) is 0.533. The summed E-state index contributed by atoms with van der Waals surface area (Å²) in [6, 6.07) is 4.90. The van der Waals surface area contributed by atoms with Crippen molar-refractivity contribution in [1.29, 1.82) is 0 Å².